The highest BCUT2D eigenvalue weighted by molar-refractivity contribution is 5.16. The molecule has 1 N–H and O–H groups in total. The Labute approximate surface area is 74.4 Å². The lowest BCUT2D eigenvalue weighted by atomic mass is 10.2. The predicted molar refractivity (Wildman–Crippen MR) is 51.8 cm³/mol. The van der Waals surface area contributed by atoms with Crippen LogP contribution in [0.3, 0.4) is 0 Å². The monoisotopic (exact) mass is 171 g/mol. The molecule has 0 fully saturated rings. The molecule has 0 aliphatic carbocycles. The summed E-state index contributed by atoms with van der Waals surface area (Å²) in [5.41, 5.74) is 0.987. The van der Waals surface area contributed by atoms with Crippen molar-refractivity contribution in [1.82, 2.24) is 5.32 Å². The lowest BCUT2D eigenvalue weighted by Gasteiger charge is -2.00. The van der Waals surface area contributed by atoms with Gasteiger partial charge in [-0.3, -0.25) is 0 Å². The number of hydrogen-bond acceptors (Lipinski definition) is 1. The van der Waals surface area contributed by atoms with Crippen molar-refractivity contribution < 1.29 is 4.39 Å². The number of unbranched alkanes of at least 4 members (excludes halogenated alkanes) is 1. The summed E-state index contributed by atoms with van der Waals surface area (Å²) in [6, 6.07) is 0. The Morgan fingerprint density at radius 2 is 2.25 bits per heavy atom. The van der Waals surface area contributed by atoms with E-state index in [1.165, 1.54) is 13.0 Å². The zero-order valence-corrected chi connectivity index (χ0v) is 8.10. The molecule has 0 rings (SSSR count). The summed E-state index contributed by atoms with van der Waals surface area (Å²) >= 11 is 0. The normalized spacial score (nSPS) is 15.2. The quantitative estimate of drug-likeness (QED) is 0.627. The van der Waals surface area contributed by atoms with Gasteiger partial charge in [-0.15, -0.1) is 0 Å². The van der Waals surface area contributed by atoms with Gasteiger partial charge in [-0.25, -0.2) is 4.39 Å². The number of nitrogens with one attached hydrogen (secondary N) is 1. The number of allylic oxidation sites excluding steroid dienone is 3. The molecular weight excluding hydrogens is 153 g/mol. The van der Waals surface area contributed by atoms with Crippen LogP contribution in [0.15, 0.2) is 23.9 Å². The van der Waals surface area contributed by atoms with Gasteiger partial charge in [-0.05, 0) is 25.5 Å². The summed E-state index contributed by atoms with van der Waals surface area (Å²) in [4.78, 5) is 0. The molecule has 1 nitrogen and oxygen atoms in total. The summed E-state index contributed by atoms with van der Waals surface area (Å²) in [5, 5.41) is 3.00. The fourth-order valence-corrected chi connectivity index (χ4v) is 0.790. The lowest BCUT2D eigenvalue weighted by Crippen LogP contribution is -2.03. The van der Waals surface area contributed by atoms with Crippen LogP contribution in [0, 0.1) is 0 Å². The average molecular weight is 171 g/mol. The third kappa shape index (κ3) is 5.96. The van der Waals surface area contributed by atoms with Gasteiger partial charge in [0.15, 0.2) is 0 Å². The third-order valence-corrected chi connectivity index (χ3v) is 1.48. The second-order valence-electron chi connectivity index (χ2n) is 2.73. The van der Waals surface area contributed by atoms with Crippen LogP contribution < -0.4 is 5.32 Å². The van der Waals surface area contributed by atoms with Gasteiger partial charge < -0.3 is 5.32 Å². The van der Waals surface area contributed by atoms with E-state index >= 15 is 0 Å². The molecule has 0 aromatic carbocycles. The van der Waals surface area contributed by atoms with Crippen LogP contribution in [-0.2, 0) is 0 Å². The molecule has 0 saturated heterocycles. The van der Waals surface area contributed by atoms with E-state index in [-0.39, 0.29) is 0 Å². The molecule has 12 heavy (non-hydrogen) atoms. The van der Waals surface area contributed by atoms with E-state index in [9.17, 15) is 4.39 Å². The van der Waals surface area contributed by atoms with Gasteiger partial charge in [0.05, 0.1) is 0 Å². The standard InChI is InChI=1S/C10H18FN/c1-4-5-6-10(12-3)8-7-9(2)11/h6-9,12H,4-5H2,1-3H3/b8-7-,10-6+. The molecule has 0 heterocycles. The fourth-order valence-electron chi connectivity index (χ4n) is 0.790. The second-order valence-corrected chi connectivity index (χ2v) is 2.73. The van der Waals surface area contributed by atoms with E-state index in [1.54, 1.807) is 6.08 Å². The Hall–Kier alpha value is -0.790. The van der Waals surface area contributed by atoms with Crippen LogP contribution in [0.5, 0.6) is 0 Å². The highest BCUT2D eigenvalue weighted by atomic mass is 19.1. The molecule has 0 saturated carbocycles. The zero-order valence-electron chi connectivity index (χ0n) is 8.10. The SMILES string of the molecule is CCC/C=C(\C=C/C(C)F)NC. The molecule has 0 aromatic rings. The maximum absolute atomic E-state index is 12.4. The first kappa shape index (κ1) is 11.2. The Kier molecular flexibility index (Phi) is 6.44. The Bertz CT molecular complexity index is 159. The molecule has 0 aromatic heterocycles. The van der Waals surface area contributed by atoms with E-state index < -0.39 is 6.17 Å². The first-order valence-electron chi connectivity index (χ1n) is 4.40. The maximum atomic E-state index is 12.4. The minimum absolute atomic E-state index is 0.872. The number of hydrogen-bond donors (Lipinski definition) is 1. The first-order chi connectivity index (χ1) is 5.70. The Morgan fingerprint density at radius 3 is 2.67 bits per heavy atom. The van der Waals surface area contributed by atoms with Crippen molar-refractivity contribution in [3.8, 4) is 0 Å². The molecule has 0 amide bonds. The number of alkyl halides is 1. The molecule has 2 heteroatoms. The summed E-state index contributed by atoms with van der Waals surface area (Å²) in [6.45, 7) is 3.63. The molecule has 0 bridgehead atoms. The fraction of sp³-hybridized carbons (Fsp3) is 0.600. The Balaban J connectivity index is 3.98. The smallest absolute Gasteiger partial charge is 0.116 e. The third-order valence-electron chi connectivity index (χ3n) is 1.48. The van der Waals surface area contributed by atoms with Crippen LogP contribution in [-0.4, -0.2) is 13.2 Å². The van der Waals surface area contributed by atoms with Crippen molar-refractivity contribution in [2.45, 2.75) is 32.9 Å². The van der Waals surface area contributed by atoms with Crippen LogP contribution in [0.1, 0.15) is 26.7 Å². The van der Waals surface area contributed by atoms with Crippen LogP contribution in [0.2, 0.25) is 0 Å². The highest BCUT2D eigenvalue weighted by Gasteiger charge is 1.90. The van der Waals surface area contributed by atoms with Gasteiger partial charge in [-0.1, -0.05) is 19.4 Å². The molecule has 1 unspecified atom stereocenters. The summed E-state index contributed by atoms with van der Waals surface area (Å²) in [7, 11) is 1.84. The molecule has 0 aliphatic rings. The van der Waals surface area contributed by atoms with Crippen LogP contribution in [0.25, 0.3) is 0 Å². The molecule has 1 atom stereocenters. The molecular formula is C10H18FN. The predicted octanol–water partition coefficient (Wildman–Crippen LogP) is 2.80. The molecule has 0 radical (unpaired) electrons. The highest BCUT2D eigenvalue weighted by Crippen LogP contribution is 1.99. The van der Waals surface area contributed by atoms with Crippen molar-refractivity contribution in [3.63, 3.8) is 0 Å². The zero-order chi connectivity index (χ0) is 9.40. The summed E-state index contributed by atoms with van der Waals surface area (Å²) in [6.07, 6.45) is 6.66. The van der Waals surface area contributed by atoms with Crippen molar-refractivity contribution in [3.05, 3.63) is 23.9 Å². The molecule has 0 aliphatic heterocycles. The van der Waals surface area contributed by atoms with Crippen molar-refractivity contribution in [2.24, 2.45) is 0 Å². The van der Waals surface area contributed by atoms with Crippen LogP contribution >= 0.6 is 0 Å². The van der Waals surface area contributed by atoms with E-state index in [0.717, 1.165) is 18.5 Å². The number of likely N-dealkylation sites (N-methyl/N-ethyl adjacent to an activating group) is 1. The van der Waals surface area contributed by atoms with Gasteiger partial charge >= 0.3 is 0 Å². The van der Waals surface area contributed by atoms with E-state index in [4.69, 9.17) is 0 Å². The summed E-state index contributed by atoms with van der Waals surface area (Å²) < 4.78 is 12.4. The minimum Gasteiger partial charge on any atom is -0.388 e. The lowest BCUT2D eigenvalue weighted by molar-refractivity contribution is 0.430. The number of halogens is 1. The van der Waals surface area contributed by atoms with E-state index in [1.807, 2.05) is 7.05 Å². The van der Waals surface area contributed by atoms with Crippen LogP contribution in [0.4, 0.5) is 4.39 Å². The van der Waals surface area contributed by atoms with Crippen molar-refractivity contribution in [2.75, 3.05) is 7.05 Å². The largest absolute Gasteiger partial charge is 0.388 e. The van der Waals surface area contributed by atoms with Gasteiger partial charge in [0.25, 0.3) is 0 Å². The maximum Gasteiger partial charge on any atom is 0.116 e. The van der Waals surface area contributed by atoms with E-state index in [0.29, 0.717) is 0 Å². The van der Waals surface area contributed by atoms with Crippen molar-refractivity contribution >= 4 is 0 Å². The van der Waals surface area contributed by atoms with Gasteiger partial charge in [0.2, 0.25) is 0 Å². The summed E-state index contributed by atoms with van der Waals surface area (Å²) in [5.74, 6) is 0. The first-order valence-corrected chi connectivity index (χ1v) is 4.40. The number of rotatable bonds is 5. The second kappa shape index (κ2) is 6.89. The Morgan fingerprint density at radius 1 is 1.58 bits per heavy atom. The van der Waals surface area contributed by atoms with E-state index in [2.05, 4.69) is 18.3 Å². The topological polar surface area (TPSA) is 12.0 Å². The molecule has 0 spiro atoms. The van der Waals surface area contributed by atoms with Gasteiger partial charge in [-0.2, -0.15) is 0 Å². The average Bonchev–Trinajstić information content (AvgIpc) is 2.05. The van der Waals surface area contributed by atoms with Crippen molar-refractivity contribution in [1.29, 1.82) is 0 Å². The molecule has 70 valence electrons. The van der Waals surface area contributed by atoms with Gasteiger partial charge in [0, 0.05) is 12.7 Å². The minimum atomic E-state index is -0.872. The van der Waals surface area contributed by atoms with Gasteiger partial charge in [0.1, 0.15) is 6.17 Å².